The van der Waals surface area contributed by atoms with E-state index in [-0.39, 0.29) is 0 Å². The van der Waals surface area contributed by atoms with Crippen LogP contribution in [-0.2, 0) is 6.54 Å². The van der Waals surface area contributed by atoms with Crippen molar-refractivity contribution in [3.05, 3.63) is 42.4 Å². The van der Waals surface area contributed by atoms with Gasteiger partial charge in [-0.1, -0.05) is 0 Å². The van der Waals surface area contributed by atoms with Crippen LogP contribution in [0.5, 0.6) is 0 Å². The molecular formula is C12H16N4. The van der Waals surface area contributed by atoms with Crippen molar-refractivity contribution in [1.29, 1.82) is 0 Å². The Balaban J connectivity index is 2.01. The number of nitrogens with one attached hydrogen (secondary N) is 2. The molecule has 84 valence electrons. The van der Waals surface area contributed by atoms with Gasteiger partial charge in [-0.25, -0.2) is 4.98 Å². The highest BCUT2D eigenvalue weighted by Gasteiger charge is 1.99. The number of rotatable bonds is 4. The maximum atomic E-state index is 4.27. The Morgan fingerprint density at radius 1 is 1.38 bits per heavy atom. The van der Waals surface area contributed by atoms with Crippen molar-refractivity contribution in [2.24, 2.45) is 0 Å². The number of hydrogen-bond acceptors (Lipinski definition) is 3. The highest BCUT2D eigenvalue weighted by molar-refractivity contribution is 5.52. The molecule has 2 N–H and O–H groups in total. The fourth-order valence-electron chi connectivity index (χ4n) is 1.46. The van der Waals surface area contributed by atoms with Gasteiger partial charge in [0.25, 0.3) is 0 Å². The molecule has 16 heavy (non-hydrogen) atoms. The van der Waals surface area contributed by atoms with Gasteiger partial charge < -0.3 is 15.2 Å². The fraction of sp³-hybridized carbons (Fsp3) is 0.250. The molecule has 0 spiro atoms. The molecule has 2 rings (SSSR count). The molecule has 0 amide bonds. The summed E-state index contributed by atoms with van der Waals surface area (Å²) in [7, 11) is 4.04. The quantitative estimate of drug-likeness (QED) is 0.822. The molecule has 2 aromatic heterocycles. The first-order chi connectivity index (χ1) is 7.75. The second-order valence-corrected chi connectivity index (χ2v) is 3.87. The van der Waals surface area contributed by atoms with Gasteiger partial charge in [0.15, 0.2) is 0 Å². The van der Waals surface area contributed by atoms with E-state index in [1.165, 1.54) is 5.56 Å². The van der Waals surface area contributed by atoms with Gasteiger partial charge in [-0.05, 0) is 17.7 Å². The number of aromatic amines is 1. The van der Waals surface area contributed by atoms with Crippen molar-refractivity contribution in [3.63, 3.8) is 0 Å². The Kier molecular flexibility index (Phi) is 3.10. The van der Waals surface area contributed by atoms with Crippen LogP contribution in [0.3, 0.4) is 0 Å². The average Bonchev–Trinajstić information content (AvgIpc) is 2.79. The van der Waals surface area contributed by atoms with Crippen LogP contribution in [0.1, 0.15) is 5.56 Å². The van der Waals surface area contributed by atoms with E-state index in [0.29, 0.717) is 0 Å². The molecule has 4 nitrogen and oxygen atoms in total. The summed E-state index contributed by atoms with van der Waals surface area (Å²) in [5.41, 5.74) is 2.36. The lowest BCUT2D eigenvalue weighted by Gasteiger charge is -2.13. The first-order valence-electron chi connectivity index (χ1n) is 5.24. The number of aromatic nitrogens is 2. The van der Waals surface area contributed by atoms with Crippen LogP contribution >= 0.6 is 0 Å². The smallest absolute Gasteiger partial charge is 0.128 e. The second kappa shape index (κ2) is 4.70. The normalized spacial score (nSPS) is 10.1. The summed E-state index contributed by atoms with van der Waals surface area (Å²) in [6, 6.07) is 6.07. The van der Waals surface area contributed by atoms with Gasteiger partial charge in [0, 0.05) is 51.0 Å². The van der Waals surface area contributed by atoms with E-state index >= 15 is 0 Å². The zero-order valence-electron chi connectivity index (χ0n) is 9.57. The van der Waals surface area contributed by atoms with E-state index in [1.807, 2.05) is 50.9 Å². The van der Waals surface area contributed by atoms with Crippen LogP contribution in [0, 0.1) is 0 Å². The van der Waals surface area contributed by atoms with Gasteiger partial charge in [0.2, 0.25) is 0 Å². The van der Waals surface area contributed by atoms with Crippen molar-refractivity contribution in [2.45, 2.75) is 6.54 Å². The zero-order valence-corrected chi connectivity index (χ0v) is 9.57. The molecule has 2 heterocycles. The van der Waals surface area contributed by atoms with Gasteiger partial charge in [0.1, 0.15) is 5.82 Å². The van der Waals surface area contributed by atoms with Gasteiger partial charge in [-0.3, -0.25) is 0 Å². The molecular weight excluding hydrogens is 200 g/mol. The molecule has 0 fully saturated rings. The summed E-state index contributed by atoms with van der Waals surface area (Å²) in [5, 5.41) is 3.28. The maximum Gasteiger partial charge on any atom is 0.128 e. The first kappa shape index (κ1) is 10.5. The van der Waals surface area contributed by atoms with Crippen LogP contribution in [0.25, 0.3) is 0 Å². The molecule has 0 unspecified atom stereocenters. The van der Waals surface area contributed by atoms with Gasteiger partial charge >= 0.3 is 0 Å². The fourth-order valence-corrected chi connectivity index (χ4v) is 1.46. The van der Waals surface area contributed by atoms with Gasteiger partial charge in [0.05, 0.1) is 0 Å². The molecule has 0 bridgehead atoms. The molecule has 0 saturated heterocycles. The Morgan fingerprint density at radius 3 is 2.94 bits per heavy atom. The maximum absolute atomic E-state index is 4.27. The van der Waals surface area contributed by atoms with E-state index in [2.05, 4.69) is 20.2 Å². The van der Waals surface area contributed by atoms with Gasteiger partial charge in [-0.15, -0.1) is 0 Å². The van der Waals surface area contributed by atoms with Crippen molar-refractivity contribution in [1.82, 2.24) is 9.97 Å². The predicted molar refractivity (Wildman–Crippen MR) is 66.7 cm³/mol. The van der Waals surface area contributed by atoms with Crippen LogP contribution < -0.4 is 10.2 Å². The average molecular weight is 216 g/mol. The molecule has 0 radical (unpaired) electrons. The minimum Gasteiger partial charge on any atom is -0.378 e. The lowest BCUT2D eigenvalue weighted by Crippen LogP contribution is -2.09. The standard InChI is InChI=1S/C12H16N4/c1-16(2)11-4-6-14-12(7-11)15-9-10-3-5-13-8-10/h3-8,13H,9H2,1-2H3,(H,14,15). The number of pyridine rings is 1. The van der Waals surface area contributed by atoms with E-state index < -0.39 is 0 Å². The Bertz CT molecular complexity index is 434. The minimum absolute atomic E-state index is 0.785. The summed E-state index contributed by atoms with van der Waals surface area (Å²) >= 11 is 0. The summed E-state index contributed by atoms with van der Waals surface area (Å²) in [5.74, 6) is 0.896. The zero-order chi connectivity index (χ0) is 11.4. The SMILES string of the molecule is CN(C)c1ccnc(NCc2cc[nH]c2)c1. The minimum atomic E-state index is 0.785. The first-order valence-corrected chi connectivity index (χ1v) is 5.24. The Hall–Kier alpha value is -1.97. The van der Waals surface area contributed by atoms with Crippen LogP contribution in [-0.4, -0.2) is 24.1 Å². The third-order valence-corrected chi connectivity index (χ3v) is 2.40. The Labute approximate surface area is 95.3 Å². The molecule has 0 aliphatic carbocycles. The van der Waals surface area contributed by atoms with Crippen molar-refractivity contribution in [3.8, 4) is 0 Å². The van der Waals surface area contributed by atoms with Crippen LogP contribution in [0.2, 0.25) is 0 Å². The Morgan fingerprint density at radius 2 is 2.25 bits per heavy atom. The number of hydrogen-bond donors (Lipinski definition) is 2. The third kappa shape index (κ3) is 2.53. The molecule has 0 atom stereocenters. The van der Waals surface area contributed by atoms with Crippen molar-refractivity contribution >= 4 is 11.5 Å². The molecule has 4 heteroatoms. The molecule has 2 aromatic rings. The topological polar surface area (TPSA) is 44.0 Å². The number of anilines is 2. The second-order valence-electron chi connectivity index (χ2n) is 3.87. The summed E-state index contributed by atoms with van der Waals surface area (Å²) < 4.78 is 0. The molecule has 0 saturated carbocycles. The largest absolute Gasteiger partial charge is 0.378 e. The van der Waals surface area contributed by atoms with Crippen molar-refractivity contribution in [2.75, 3.05) is 24.3 Å². The summed E-state index contributed by atoms with van der Waals surface area (Å²) in [6.45, 7) is 0.785. The highest BCUT2D eigenvalue weighted by Crippen LogP contribution is 2.14. The van der Waals surface area contributed by atoms with E-state index in [4.69, 9.17) is 0 Å². The predicted octanol–water partition coefficient (Wildman–Crippen LogP) is 2.09. The van der Waals surface area contributed by atoms with E-state index in [0.717, 1.165) is 18.1 Å². The lowest BCUT2D eigenvalue weighted by atomic mass is 10.3. The van der Waals surface area contributed by atoms with E-state index in [1.54, 1.807) is 0 Å². The highest BCUT2D eigenvalue weighted by atomic mass is 15.1. The lowest BCUT2D eigenvalue weighted by molar-refractivity contribution is 1.09. The number of H-pyrrole nitrogens is 1. The molecule has 0 aliphatic heterocycles. The van der Waals surface area contributed by atoms with E-state index in [9.17, 15) is 0 Å². The molecule has 0 aromatic carbocycles. The third-order valence-electron chi connectivity index (χ3n) is 2.40. The summed E-state index contributed by atoms with van der Waals surface area (Å²) in [4.78, 5) is 9.36. The summed E-state index contributed by atoms with van der Waals surface area (Å²) in [6.07, 6.45) is 5.71. The van der Waals surface area contributed by atoms with Crippen LogP contribution in [0.4, 0.5) is 11.5 Å². The monoisotopic (exact) mass is 216 g/mol. The molecule has 0 aliphatic rings. The van der Waals surface area contributed by atoms with Crippen LogP contribution in [0.15, 0.2) is 36.8 Å². The van der Waals surface area contributed by atoms with Gasteiger partial charge in [-0.2, -0.15) is 0 Å². The number of nitrogens with zero attached hydrogens (tertiary/aromatic N) is 2. The van der Waals surface area contributed by atoms with Crippen molar-refractivity contribution < 1.29 is 0 Å².